The van der Waals surface area contributed by atoms with Gasteiger partial charge in [-0.15, -0.1) is 12.1 Å². The number of benzene rings is 1. The Morgan fingerprint density at radius 2 is 1.90 bits per heavy atom. The minimum atomic E-state index is -0.280. The molecule has 0 bridgehead atoms. The van der Waals surface area contributed by atoms with Gasteiger partial charge in [-0.1, -0.05) is 13.8 Å². The van der Waals surface area contributed by atoms with Gasteiger partial charge in [0.2, 0.25) is 0 Å². The fourth-order valence-corrected chi connectivity index (χ4v) is 0.643. The molecule has 0 aliphatic heterocycles. The van der Waals surface area contributed by atoms with E-state index in [4.69, 9.17) is 0 Å². The van der Waals surface area contributed by atoms with Crippen molar-refractivity contribution >= 4 is 0 Å². The first-order valence-corrected chi connectivity index (χ1v) is 2.85. The first-order valence-electron chi connectivity index (χ1n) is 2.85. The average molecular weight is 309 g/mol. The molecule has 0 saturated heterocycles. The summed E-state index contributed by atoms with van der Waals surface area (Å²) >= 11 is 0. The van der Waals surface area contributed by atoms with E-state index >= 15 is 0 Å². The molecule has 0 heterocycles. The number of aryl methyl sites for hydroxylation is 2. The van der Waals surface area contributed by atoms with Gasteiger partial charge in [0.25, 0.3) is 0 Å². The van der Waals surface area contributed by atoms with Crippen molar-refractivity contribution in [2.75, 3.05) is 0 Å². The fraction of sp³-hybridized carbons (Fsp3) is 0.250. The first kappa shape index (κ1) is 9.81. The number of hydrogen-bond donors (Lipinski definition) is 0. The molecule has 0 amide bonds. The van der Waals surface area contributed by atoms with Gasteiger partial charge < -0.3 is 0 Å². The Morgan fingerprint density at radius 3 is 2.30 bits per heavy atom. The molecular formula is C8H8FRe-. The van der Waals surface area contributed by atoms with Gasteiger partial charge in [-0.2, -0.15) is 17.2 Å². The Labute approximate surface area is 74.1 Å². The molecule has 0 saturated carbocycles. The van der Waals surface area contributed by atoms with Gasteiger partial charge in [0.05, 0.1) is 0 Å². The molecule has 0 unspecified atom stereocenters. The van der Waals surface area contributed by atoms with E-state index in [1.54, 1.807) is 6.07 Å². The summed E-state index contributed by atoms with van der Waals surface area (Å²) in [6.07, 6.45) is 0. The van der Waals surface area contributed by atoms with Crippen molar-refractivity contribution in [3.8, 4) is 0 Å². The molecule has 55 valence electrons. The Morgan fingerprint density at radius 1 is 1.30 bits per heavy atom. The van der Waals surface area contributed by atoms with E-state index < -0.39 is 0 Å². The Hall–Kier alpha value is -0.188. The third-order valence-electron chi connectivity index (χ3n) is 1.38. The van der Waals surface area contributed by atoms with Crippen molar-refractivity contribution in [2.45, 2.75) is 13.8 Å². The number of rotatable bonds is 0. The van der Waals surface area contributed by atoms with E-state index in [1.807, 2.05) is 13.8 Å². The second-order valence-electron chi connectivity index (χ2n) is 2.11. The van der Waals surface area contributed by atoms with Crippen molar-refractivity contribution < 1.29 is 24.8 Å². The van der Waals surface area contributed by atoms with E-state index in [0.29, 0.717) is 0 Å². The van der Waals surface area contributed by atoms with Crippen molar-refractivity contribution in [1.82, 2.24) is 0 Å². The largest absolute Gasteiger partial charge is 0.236 e. The van der Waals surface area contributed by atoms with Crippen LogP contribution >= 0.6 is 0 Å². The van der Waals surface area contributed by atoms with E-state index in [9.17, 15) is 4.39 Å². The smallest absolute Gasteiger partial charge is 0.0111 e. The minimum Gasteiger partial charge on any atom is -0.236 e. The van der Waals surface area contributed by atoms with Crippen LogP contribution in [0, 0.1) is 25.7 Å². The van der Waals surface area contributed by atoms with Crippen LogP contribution in [0.4, 0.5) is 4.39 Å². The second-order valence-corrected chi connectivity index (χ2v) is 2.11. The van der Waals surface area contributed by atoms with Gasteiger partial charge in [0, 0.05) is 26.2 Å². The summed E-state index contributed by atoms with van der Waals surface area (Å²) in [4.78, 5) is 0. The SMILES string of the molecule is Cc1[c-]c(F)ccc1C.[Re]. The molecule has 0 aromatic heterocycles. The van der Waals surface area contributed by atoms with Crippen molar-refractivity contribution in [3.63, 3.8) is 0 Å². The molecule has 0 aliphatic carbocycles. The molecule has 0 fully saturated rings. The molecule has 10 heavy (non-hydrogen) atoms. The first-order chi connectivity index (χ1) is 4.20. The third-order valence-corrected chi connectivity index (χ3v) is 1.38. The van der Waals surface area contributed by atoms with Crippen LogP contribution in [0.25, 0.3) is 0 Å². The summed E-state index contributed by atoms with van der Waals surface area (Å²) in [5.74, 6) is -0.280. The number of halogens is 1. The van der Waals surface area contributed by atoms with Crippen LogP contribution in [-0.4, -0.2) is 0 Å². The zero-order valence-electron chi connectivity index (χ0n) is 5.91. The topological polar surface area (TPSA) is 0 Å². The second kappa shape index (κ2) is 3.85. The molecule has 1 aromatic rings. The summed E-state index contributed by atoms with van der Waals surface area (Å²) in [5, 5.41) is 0. The van der Waals surface area contributed by atoms with Crippen LogP contribution in [0.1, 0.15) is 11.1 Å². The average Bonchev–Trinajstić information content (AvgIpc) is 1.80. The maximum atomic E-state index is 12.3. The molecule has 2 heteroatoms. The van der Waals surface area contributed by atoms with Crippen LogP contribution < -0.4 is 0 Å². The summed E-state index contributed by atoms with van der Waals surface area (Å²) < 4.78 is 12.3. The van der Waals surface area contributed by atoms with Gasteiger partial charge >= 0.3 is 0 Å². The molecule has 0 N–H and O–H groups in total. The molecule has 0 spiro atoms. The molecule has 0 nitrogen and oxygen atoms in total. The standard InChI is InChI=1S/C8H8F.Re/c1-6-3-4-8(9)5-7(6)2;/h3-4H,1-2H3;/q-1;. The van der Waals surface area contributed by atoms with Gasteiger partial charge in [0.1, 0.15) is 0 Å². The Bertz CT molecular complexity index is 220. The van der Waals surface area contributed by atoms with Crippen molar-refractivity contribution in [1.29, 1.82) is 0 Å². The predicted molar refractivity (Wildman–Crippen MR) is 34.7 cm³/mol. The normalized spacial score (nSPS) is 8.70. The summed E-state index contributed by atoms with van der Waals surface area (Å²) in [6, 6.07) is 5.74. The van der Waals surface area contributed by atoms with Gasteiger partial charge in [-0.05, 0) is 0 Å². The molecule has 1 radical (unpaired) electrons. The van der Waals surface area contributed by atoms with E-state index in [2.05, 4.69) is 6.07 Å². The van der Waals surface area contributed by atoms with Crippen LogP contribution in [0.2, 0.25) is 0 Å². The molecule has 0 aliphatic rings. The summed E-state index contributed by atoms with van der Waals surface area (Å²) in [5.41, 5.74) is 1.96. The van der Waals surface area contributed by atoms with Gasteiger partial charge in [-0.3, -0.25) is 0 Å². The molecular weight excluding hydrogens is 301 g/mol. The Kier molecular flexibility index (Phi) is 3.78. The predicted octanol–water partition coefficient (Wildman–Crippen LogP) is 2.24. The fourth-order valence-electron chi connectivity index (χ4n) is 0.643. The van der Waals surface area contributed by atoms with E-state index in [1.165, 1.54) is 6.07 Å². The monoisotopic (exact) mass is 310 g/mol. The van der Waals surface area contributed by atoms with E-state index in [0.717, 1.165) is 11.1 Å². The molecule has 1 aromatic carbocycles. The summed E-state index contributed by atoms with van der Waals surface area (Å²) in [6.45, 7) is 3.78. The Balaban J connectivity index is 0.000000810. The van der Waals surface area contributed by atoms with Crippen LogP contribution in [0.5, 0.6) is 0 Å². The van der Waals surface area contributed by atoms with Crippen LogP contribution in [0.3, 0.4) is 0 Å². The van der Waals surface area contributed by atoms with Crippen molar-refractivity contribution in [2.24, 2.45) is 0 Å². The maximum Gasteiger partial charge on any atom is 0.0111 e. The minimum absolute atomic E-state index is 0. The zero-order valence-corrected chi connectivity index (χ0v) is 8.63. The quantitative estimate of drug-likeness (QED) is 0.645. The zero-order chi connectivity index (χ0) is 6.85. The molecule has 1 rings (SSSR count). The number of hydrogen-bond acceptors (Lipinski definition) is 0. The maximum absolute atomic E-state index is 12.3. The van der Waals surface area contributed by atoms with Crippen LogP contribution in [-0.2, 0) is 20.4 Å². The third kappa shape index (κ3) is 2.21. The van der Waals surface area contributed by atoms with Crippen LogP contribution in [0.15, 0.2) is 12.1 Å². The van der Waals surface area contributed by atoms with E-state index in [-0.39, 0.29) is 26.2 Å². The van der Waals surface area contributed by atoms with Crippen molar-refractivity contribution in [3.05, 3.63) is 35.1 Å². The molecule has 0 atom stereocenters. The van der Waals surface area contributed by atoms with Gasteiger partial charge in [-0.25, -0.2) is 4.39 Å². The van der Waals surface area contributed by atoms with Gasteiger partial charge in [0.15, 0.2) is 0 Å². The summed E-state index contributed by atoms with van der Waals surface area (Å²) in [7, 11) is 0.